The van der Waals surface area contributed by atoms with Crippen LogP contribution in [0.1, 0.15) is 43.5 Å². The summed E-state index contributed by atoms with van der Waals surface area (Å²) in [5.74, 6) is 0.540. The molecule has 0 aliphatic heterocycles. The Morgan fingerprint density at radius 2 is 1.77 bits per heavy atom. The first-order valence-corrected chi connectivity index (χ1v) is 9.75. The van der Waals surface area contributed by atoms with E-state index in [9.17, 15) is 9.59 Å². The second-order valence-corrected chi connectivity index (χ2v) is 7.17. The van der Waals surface area contributed by atoms with Crippen LogP contribution in [0.4, 0.5) is 0 Å². The number of rotatable bonds is 5. The number of aryl methyl sites for hydroxylation is 3. The van der Waals surface area contributed by atoms with E-state index >= 15 is 0 Å². The number of carbonyl (C=O) groups excluding carboxylic acids is 2. The van der Waals surface area contributed by atoms with E-state index in [0.29, 0.717) is 28.4 Å². The van der Waals surface area contributed by atoms with Crippen molar-refractivity contribution in [2.75, 3.05) is 0 Å². The molecule has 0 saturated carbocycles. The second kappa shape index (κ2) is 8.35. The predicted molar refractivity (Wildman–Crippen MR) is 114 cm³/mol. The molecule has 31 heavy (non-hydrogen) atoms. The van der Waals surface area contributed by atoms with Gasteiger partial charge in [-0.25, -0.2) is 4.98 Å². The highest BCUT2D eigenvalue weighted by atomic mass is 16.5. The number of ether oxygens (including phenoxy) is 1. The highest BCUT2D eigenvalue weighted by Gasteiger charge is 2.17. The van der Waals surface area contributed by atoms with Crippen LogP contribution in [0.5, 0.6) is 5.75 Å². The van der Waals surface area contributed by atoms with Crippen LogP contribution < -0.4 is 15.6 Å². The number of nitrogens with one attached hydrogen (secondary N) is 2. The summed E-state index contributed by atoms with van der Waals surface area (Å²) in [5, 5.41) is 0. The summed E-state index contributed by atoms with van der Waals surface area (Å²) in [6.07, 6.45) is 3.81. The topological polar surface area (TPSA) is 97.9 Å². The van der Waals surface area contributed by atoms with Crippen LogP contribution in [0.3, 0.4) is 0 Å². The Balaban J connectivity index is 1.43. The number of imidazole rings is 1. The maximum atomic E-state index is 12.6. The lowest BCUT2D eigenvalue weighted by Crippen LogP contribution is -2.41. The zero-order chi connectivity index (χ0) is 22.0. The molecule has 0 aliphatic rings. The fourth-order valence-electron chi connectivity index (χ4n) is 3.31. The maximum absolute atomic E-state index is 12.6. The molecular weight excluding hydrogens is 396 g/mol. The summed E-state index contributed by atoms with van der Waals surface area (Å²) in [6, 6.07) is 12.4. The number of carbonyl (C=O) groups is 2. The summed E-state index contributed by atoms with van der Waals surface area (Å²) in [5.41, 5.74) is 8.15. The van der Waals surface area contributed by atoms with E-state index in [1.165, 1.54) is 0 Å². The van der Waals surface area contributed by atoms with E-state index in [1.54, 1.807) is 44.2 Å². The number of hydrogen-bond acceptors (Lipinski definition) is 5. The lowest BCUT2D eigenvalue weighted by atomic mass is 10.2. The van der Waals surface area contributed by atoms with Gasteiger partial charge in [-0.1, -0.05) is 18.2 Å². The largest absolute Gasteiger partial charge is 0.486 e. The third-order valence-electron chi connectivity index (χ3n) is 4.81. The molecule has 0 unspecified atom stereocenters. The van der Waals surface area contributed by atoms with Gasteiger partial charge < -0.3 is 13.6 Å². The normalized spacial score (nSPS) is 10.8. The first-order valence-electron chi connectivity index (χ1n) is 9.75. The number of hydrogen-bond donors (Lipinski definition) is 2. The monoisotopic (exact) mass is 418 g/mol. The van der Waals surface area contributed by atoms with Gasteiger partial charge in [0.1, 0.15) is 29.5 Å². The Morgan fingerprint density at radius 3 is 2.48 bits per heavy atom. The Kier molecular flexibility index (Phi) is 5.44. The standard InChI is InChI=1S/C23H22N4O4/c1-14-7-6-10-27-12-17(24-21(14)27)13-30-20-9-5-4-8-18(20)22(28)25-26-23(29)19-11-15(2)31-16(19)3/h4-12H,13H2,1-3H3,(H,25,28)(H,26,29). The molecule has 0 radical (unpaired) electrons. The minimum Gasteiger partial charge on any atom is -0.486 e. The molecule has 158 valence electrons. The Morgan fingerprint density at radius 1 is 1.03 bits per heavy atom. The third-order valence-corrected chi connectivity index (χ3v) is 4.81. The maximum Gasteiger partial charge on any atom is 0.273 e. The van der Waals surface area contributed by atoms with Crippen molar-refractivity contribution < 1.29 is 18.7 Å². The molecule has 0 bridgehead atoms. The van der Waals surface area contributed by atoms with Crippen molar-refractivity contribution in [3.63, 3.8) is 0 Å². The number of amides is 2. The molecule has 0 spiro atoms. The second-order valence-electron chi connectivity index (χ2n) is 7.17. The van der Waals surface area contributed by atoms with Crippen LogP contribution >= 0.6 is 0 Å². The molecule has 4 aromatic rings. The number of furan rings is 1. The molecule has 8 nitrogen and oxygen atoms in total. The zero-order valence-corrected chi connectivity index (χ0v) is 17.4. The molecular formula is C23H22N4O4. The number of benzene rings is 1. The Bertz CT molecular complexity index is 1270. The molecule has 2 amide bonds. The quantitative estimate of drug-likeness (QED) is 0.484. The predicted octanol–water partition coefficient (Wildman–Crippen LogP) is 3.51. The third kappa shape index (κ3) is 4.28. The number of aromatic nitrogens is 2. The van der Waals surface area contributed by atoms with Crippen molar-refractivity contribution in [3.8, 4) is 5.75 Å². The highest BCUT2D eigenvalue weighted by molar-refractivity contribution is 6.00. The Labute approximate surface area is 178 Å². The molecule has 8 heteroatoms. The lowest BCUT2D eigenvalue weighted by Gasteiger charge is -2.11. The van der Waals surface area contributed by atoms with Crippen molar-refractivity contribution in [1.29, 1.82) is 0 Å². The first kappa shape index (κ1) is 20.2. The number of fused-ring (bicyclic) bond motifs is 1. The minimum atomic E-state index is -0.493. The van der Waals surface area contributed by atoms with Crippen molar-refractivity contribution in [2.45, 2.75) is 27.4 Å². The van der Waals surface area contributed by atoms with Crippen molar-refractivity contribution in [3.05, 3.63) is 88.8 Å². The van der Waals surface area contributed by atoms with Crippen molar-refractivity contribution in [2.24, 2.45) is 0 Å². The van der Waals surface area contributed by atoms with Crippen LogP contribution in [0.15, 0.2) is 59.3 Å². The zero-order valence-electron chi connectivity index (χ0n) is 17.4. The molecule has 1 aromatic carbocycles. The van der Waals surface area contributed by atoms with E-state index in [-0.39, 0.29) is 6.61 Å². The molecule has 0 aliphatic carbocycles. The average molecular weight is 418 g/mol. The molecule has 3 aromatic heterocycles. The van der Waals surface area contributed by atoms with Gasteiger partial charge in [-0.15, -0.1) is 0 Å². The summed E-state index contributed by atoms with van der Waals surface area (Å²) in [7, 11) is 0. The summed E-state index contributed by atoms with van der Waals surface area (Å²) in [6.45, 7) is 5.63. The SMILES string of the molecule is Cc1cc(C(=O)NNC(=O)c2ccccc2OCc2cn3cccc(C)c3n2)c(C)o1. The number of nitrogens with zero attached hydrogens (tertiary/aromatic N) is 2. The van der Waals surface area contributed by atoms with Gasteiger partial charge in [-0.2, -0.15) is 0 Å². The molecule has 3 heterocycles. The van der Waals surface area contributed by atoms with Crippen LogP contribution in [0, 0.1) is 20.8 Å². The first-order chi connectivity index (χ1) is 14.9. The van der Waals surface area contributed by atoms with Crippen LogP contribution in [-0.4, -0.2) is 21.2 Å². The lowest BCUT2D eigenvalue weighted by molar-refractivity contribution is 0.0843. The van der Waals surface area contributed by atoms with Gasteiger partial charge in [0, 0.05) is 12.4 Å². The van der Waals surface area contributed by atoms with Gasteiger partial charge in [0.05, 0.1) is 16.8 Å². The van der Waals surface area contributed by atoms with E-state index in [2.05, 4.69) is 15.8 Å². The smallest absolute Gasteiger partial charge is 0.273 e. The summed E-state index contributed by atoms with van der Waals surface area (Å²) < 4.78 is 13.1. The number of para-hydroxylation sites is 1. The molecule has 4 rings (SSSR count). The summed E-state index contributed by atoms with van der Waals surface area (Å²) >= 11 is 0. The van der Waals surface area contributed by atoms with Crippen LogP contribution in [0.25, 0.3) is 5.65 Å². The van der Waals surface area contributed by atoms with Crippen LogP contribution in [0.2, 0.25) is 0 Å². The van der Waals surface area contributed by atoms with Crippen molar-refractivity contribution in [1.82, 2.24) is 20.2 Å². The molecule has 2 N–H and O–H groups in total. The van der Waals surface area contributed by atoms with Gasteiger partial charge in [0.25, 0.3) is 11.8 Å². The van der Waals surface area contributed by atoms with Gasteiger partial charge >= 0.3 is 0 Å². The molecule has 0 saturated heterocycles. The van der Waals surface area contributed by atoms with Gasteiger partial charge in [0.15, 0.2) is 0 Å². The van der Waals surface area contributed by atoms with E-state index in [0.717, 1.165) is 16.9 Å². The molecule has 0 fully saturated rings. The van der Waals surface area contributed by atoms with Crippen LogP contribution in [-0.2, 0) is 6.61 Å². The number of pyridine rings is 1. The fourth-order valence-corrected chi connectivity index (χ4v) is 3.31. The van der Waals surface area contributed by atoms with E-state index < -0.39 is 11.8 Å². The van der Waals surface area contributed by atoms with E-state index in [4.69, 9.17) is 9.15 Å². The summed E-state index contributed by atoms with van der Waals surface area (Å²) in [4.78, 5) is 29.5. The highest BCUT2D eigenvalue weighted by Crippen LogP contribution is 2.20. The Hall–Kier alpha value is -4.07. The van der Waals surface area contributed by atoms with Crippen molar-refractivity contribution >= 4 is 17.5 Å². The van der Waals surface area contributed by atoms with Gasteiger partial charge in [-0.05, 0) is 50.6 Å². The minimum absolute atomic E-state index is 0.200. The average Bonchev–Trinajstić information content (AvgIpc) is 3.33. The molecule has 0 atom stereocenters. The fraction of sp³-hybridized carbons (Fsp3) is 0.174. The van der Waals surface area contributed by atoms with Gasteiger partial charge in [0.2, 0.25) is 0 Å². The van der Waals surface area contributed by atoms with E-state index in [1.807, 2.05) is 35.9 Å². The van der Waals surface area contributed by atoms with Gasteiger partial charge in [-0.3, -0.25) is 20.4 Å². The number of hydrazine groups is 1.